The summed E-state index contributed by atoms with van der Waals surface area (Å²) in [5.74, 6) is -0.145. The third-order valence-electron chi connectivity index (χ3n) is 3.79. The molecule has 10 heteroatoms. The van der Waals surface area contributed by atoms with Gasteiger partial charge in [-0.2, -0.15) is 36.8 Å². The number of nitrogens with one attached hydrogen (secondary N) is 1. The zero-order valence-electron chi connectivity index (χ0n) is 12.8. The van der Waals surface area contributed by atoms with Crippen molar-refractivity contribution in [3.63, 3.8) is 0 Å². The second-order valence-electron chi connectivity index (χ2n) is 5.32. The van der Waals surface area contributed by atoms with Crippen molar-refractivity contribution in [3.05, 3.63) is 46.9 Å². The van der Waals surface area contributed by atoms with Crippen LogP contribution in [0.1, 0.15) is 18.3 Å². The molecule has 25 heavy (non-hydrogen) atoms. The number of pyridine rings is 1. The molecule has 2 aromatic heterocycles. The molecule has 0 aliphatic carbocycles. The van der Waals surface area contributed by atoms with Gasteiger partial charge in [-0.3, -0.25) is 0 Å². The van der Waals surface area contributed by atoms with Crippen molar-refractivity contribution in [1.29, 1.82) is 0 Å². The van der Waals surface area contributed by atoms with Crippen LogP contribution >= 0.6 is 24.2 Å². The Kier molecular flexibility index (Phi) is 4.81. The lowest BCUT2D eigenvalue weighted by molar-refractivity contribution is -0.0496. The molecule has 6 nitrogen and oxygen atoms in total. The van der Waals surface area contributed by atoms with Gasteiger partial charge in [0.1, 0.15) is 11.4 Å². The molecule has 2 N–H and O–H groups in total. The molecule has 0 amide bonds. The molecule has 2 atom stereocenters. The van der Waals surface area contributed by atoms with Gasteiger partial charge in [-0.25, -0.2) is 4.98 Å². The molecule has 3 rings (SSSR count). The number of aliphatic hydroxyl groups is 1. The van der Waals surface area contributed by atoms with Crippen LogP contribution in [0.4, 0.5) is 8.78 Å². The number of H-pyrrole nitrogens is 1. The minimum Gasteiger partial charge on any atom is -0.433 e. The van der Waals surface area contributed by atoms with Crippen molar-refractivity contribution in [2.75, 3.05) is 0 Å². The van der Waals surface area contributed by atoms with Crippen molar-refractivity contribution < 1.29 is 18.6 Å². The Labute approximate surface area is 151 Å². The van der Waals surface area contributed by atoms with Gasteiger partial charge in [0.15, 0.2) is 5.60 Å². The smallest absolute Gasteiger partial charge is 0.387 e. The predicted molar refractivity (Wildman–Crippen MR) is 91.2 cm³/mol. The van der Waals surface area contributed by atoms with E-state index in [9.17, 15) is 13.9 Å². The lowest BCUT2D eigenvalue weighted by Gasteiger charge is -2.29. The molecule has 1 aromatic carbocycles. The summed E-state index contributed by atoms with van der Waals surface area (Å²) in [6.45, 7) is -1.29. The maximum atomic E-state index is 12.4. The SMILES string of the molecule is CC(S)C(O)(c1cn[nH]n1)c1ccc2c(Cl)c(OC(F)F)ccc2n1. The van der Waals surface area contributed by atoms with Gasteiger partial charge in [-0.15, -0.1) is 0 Å². The molecule has 0 spiro atoms. The number of fused-ring (bicyclic) bond motifs is 1. The Balaban J connectivity index is 2.12. The molecule has 2 heterocycles. The van der Waals surface area contributed by atoms with Gasteiger partial charge < -0.3 is 9.84 Å². The van der Waals surface area contributed by atoms with Crippen LogP contribution in [-0.4, -0.2) is 37.4 Å². The number of ether oxygens (including phenoxy) is 1. The Morgan fingerprint density at radius 3 is 2.64 bits per heavy atom. The van der Waals surface area contributed by atoms with Crippen molar-refractivity contribution in [1.82, 2.24) is 20.4 Å². The highest BCUT2D eigenvalue weighted by Gasteiger charge is 2.40. The van der Waals surface area contributed by atoms with Gasteiger partial charge in [0.2, 0.25) is 0 Å². The van der Waals surface area contributed by atoms with Crippen molar-refractivity contribution in [2.24, 2.45) is 0 Å². The fraction of sp³-hybridized carbons (Fsp3) is 0.267. The minimum absolute atomic E-state index is 0.0146. The Morgan fingerprint density at radius 1 is 1.28 bits per heavy atom. The van der Waals surface area contributed by atoms with Crippen molar-refractivity contribution in [3.8, 4) is 5.75 Å². The summed E-state index contributed by atoms with van der Waals surface area (Å²) in [6, 6.07) is 5.88. The molecule has 0 aliphatic heterocycles. The third kappa shape index (κ3) is 3.14. The van der Waals surface area contributed by atoms with Crippen LogP contribution in [0.15, 0.2) is 30.5 Å². The molecule has 0 fully saturated rings. The summed E-state index contributed by atoms with van der Waals surface area (Å²) in [6.07, 6.45) is 1.38. The van der Waals surface area contributed by atoms with E-state index in [0.717, 1.165) is 0 Å². The Hall–Kier alpha value is -1.97. The molecule has 0 saturated carbocycles. The Morgan fingerprint density at radius 2 is 2.04 bits per heavy atom. The number of nitrogens with zero attached hydrogens (tertiary/aromatic N) is 3. The highest BCUT2D eigenvalue weighted by atomic mass is 35.5. The van der Waals surface area contributed by atoms with Gasteiger partial charge in [-0.05, 0) is 31.2 Å². The molecule has 0 radical (unpaired) electrons. The van der Waals surface area contributed by atoms with Gasteiger partial charge in [0.05, 0.1) is 22.4 Å². The molecular weight excluding hydrogens is 374 g/mol. The average molecular weight is 387 g/mol. The molecule has 3 aromatic rings. The van der Waals surface area contributed by atoms with E-state index in [2.05, 4.69) is 37.8 Å². The maximum Gasteiger partial charge on any atom is 0.387 e. The third-order valence-corrected chi connectivity index (χ3v) is 4.55. The molecule has 0 bridgehead atoms. The number of thiol groups is 1. The monoisotopic (exact) mass is 386 g/mol. The zero-order chi connectivity index (χ0) is 18.2. The van der Waals surface area contributed by atoms with Crippen LogP contribution in [0.2, 0.25) is 5.02 Å². The molecule has 2 unspecified atom stereocenters. The number of hydrogen-bond acceptors (Lipinski definition) is 6. The number of aromatic nitrogens is 4. The number of benzene rings is 1. The van der Waals surface area contributed by atoms with E-state index in [4.69, 9.17) is 11.6 Å². The Bertz CT molecular complexity index is 895. The number of aromatic amines is 1. The molecular formula is C15H13ClF2N4O2S. The van der Waals surface area contributed by atoms with E-state index in [1.807, 2.05) is 0 Å². The summed E-state index contributed by atoms with van der Waals surface area (Å²) in [5.41, 5.74) is -0.671. The van der Waals surface area contributed by atoms with Gasteiger partial charge >= 0.3 is 6.61 Å². The fourth-order valence-electron chi connectivity index (χ4n) is 2.49. The number of hydrogen-bond donors (Lipinski definition) is 3. The van der Waals surface area contributed by atoms with E-state index in [1.165, 1.54) is 24.4 Å². The van der Waals surface area contributed by atoms with E-state index in [1.54, 1.807) is 13.0 Å². The zero-order valence-corrected chi connectivity index (χ0v) is 14.5. The second-order valence-corrected chi connectivity index (χ2v) is 6.47. The summed E-state index contributed by atoms with van der Waals surface area (Å²) < 4.78 is 29.2. The van der Waals surface area contributed by atoms with Crippen LogP contribution in [0, 0.1) is 0 Å². The lowest BCUT2D eigenvalue weighted by atomic mass is 9.91. The largest absolute Gasteiger partial charge is 0.433 e. The van der Waals surface area contributed by atoms with Crippen molar-refractivity contribution in [2.45, 2.75) is 24.4 Å². The van der Waals surface area contributed by atoms with Crippen molar-refractivity contribution >= 4 is 35.1 Å². The fourth-order valence-corrected chi connectivity index (χ4v) is 3.02. The van der Waals surface area contributed by atoms with Crippen LogP contribution in [0.25, 0.3) is 10.9 Å². The molecule has 0 aliphatic rings. The number of rotatable bonds is 5. The normalized spacial score (nSPS) is 15.3. The number of halogens is 3. The first kappa shape index (κ1) is 17.8. The molecule has 132 valence electrons. The van der Waals surface area contributed by atoms with E-state index in [-0.39, 0.29) is 22.2 Å². The van der Waals surface area contributed by atoms with E-state index in [0.29, 0.717) is 10.9 Å². The van der Waals surface area contributed by atoms with E-state index >= 15 is 0 Å². The summed E-state index contributed by atoms with van der Waals surface area (Å²) in [7, 11) is 0. The topological polar surface area (TPSA) is 83.9 Å². The summed E-state index contributed by atoms with van der Waals surface area (Å²) in [5, 5.41) is 21.1. The maximum absolute atomic E-state index is 12.4. The van der Waals surface area contributed by atoms with Gasteiger partial charge in [0, 0.05) is 10.6 Å². The lowest BCUT2D eigenvalue weighted by Crippen LogP contribution is -2.37. The predicted octanol–water partition coefficient (Wildman–Crippen LogP) is 3.16. The summed E-state index contributed by atoms with van der Waals surface area (Å²) in [4.78, 5) is 4.40. The quantitative estimate of drug-likeness (QED) is 0.587. The van der Waals surface area contributed by atoms with Crippen LogP contribution in [0.5, 0.6) is 5.75 Å². The van der Waals surface area contributed by atoms with Crippen LogP contribution in [-0.2, 0) is 5.60 Å². The first-order valence-corrected chi connectivity index (χ1v) is 8.04. The standard InChI is InChI=1S/C15H13ClF2N4O2S/c1-7(25)15(23,12-6-19-22-21-12)11-5-2-8-9(20-11)3-4-10(13(8)16)24-14(17)18/h2-7,14,23,25H,1H3,(H,19,21,22). The minimum atomic E-state index is -2.98. The molecule has 0 saturated heterocycles. The van der Waals surface area contributed by atoms with Gasteiger partial charge in [0.25, 0.3) is 0 Å². The second kappa shape index (κ2) is 6.74. The van der Waals surface area contributed by atoms with Gasteiger partial charge in [-0.1, -0.05) is 11.6 Å². The van der Waals surface area contributed by atoms with Crippen LogP contribution in [0.3, 0.4) is 0 Å². The summed E-state index contributed by atoms with van der Waals surface area (Å²) >= 11 is 10.5. The number of alkyl halides is 2. The van der Waals surface area contributed by atoms with E-state index < -0.39 is 17.5 Å². The highest BCUT2D eigenvalue weighted by molar-refractivity contribution is 7.81. The van der Waals surface area contributed by atoms with Crippen LogP contribution < -0.4 is 4.74 Å². The highest BCUT2D eigenvalue weighted by Crippen LogP contribution is 2.37. The first-order valence-electron chi connectivity index (χ1n) is 7.15. The average Bonchev–Trinajstić information content (AvgIpc) is 3.10. The first-order chi connectivity index (χ1) is 11.8.